The van der Waals surface area contributed by atoms with Crippen LogP contribution in [0, 0.1) is 6.92 Å². The van der Waals surface area contributed by atoms with E-state index < -0.39 is 0 Å². The lowest BCUT2D eigenvalue weighted by atomic mass is 10.2. The van der Waals surface area contributed by atoms with Crippen molar-refractivity contribution in [3.05, 3.63) is 41.8 Å². The molecule has 1 atom stereocenters. The Morgan fingerprint density at radius 3 is 2.71 bits per heavy atom. The number of nitrogens with zero attached hydrogens (tertiary/aromatic N) is 2. The van der Waals surface area contributed by atoms with Gasteiger partial charge in [-0.2, -0.15) is 0 Å². The molecule has 2 aromatic rings. The number of morpholine rings is 1. The summed E-state index contributed by atoms with van der Waals surface area (Å²) in [5.74, 6) is 0.809. The van der Waals surface area contributed by atoms with Crippen molar-refractivity contribution in [3.63, 3.8) is 0 Å². The first-order valence-electron chi connectivity index (χ1n) is 8.28. The van der Waals surface area contributed by atoms with E-state index in [4.69, 9.17) is 9.15 Å². The third-order valence-corrected chi connectivity index (χ3v) is 4.26. The lowest BCUT2D eigenvalue weighted by Crippen LogP contribution is -2.47. The Morgan fingerprint density at radius 2 is 2.00 bits per heavy atom. The van der Waals surface area contributed by atoms with Gasteiger partial charge < -0.3 is 14.5 Å². The Kier molecular flexibility index (Phi) is 5.27. The molecule has 6 heteroatoms. The highest BCUT2D eigenvalue weighted by atomic mass is 16.5. The van der Waals surface area contributed by atoms with E-state index in [1.807, 2.05) is 30.3 Å². The summed E-state index contributed by atoms with van der Waals surface area (Å²) in [5.41, 5.74) is 1.21. The number of hydrogen-bond donors (Lipinski definition) is 1. The predicted molar refractivity (Wildman–Crippen MR) is 90.9 cm³/mol. The number of ether oxygens (including phenoxy) is 1. The third kappa shape index (κ3) is 3.83. The zero-order chi connectivity index (χ0) is 16.9. The highest BCUT2D eigenvalue weighted by molar-refractivity contribution is 5.93. The molecule has 6 nitrogen and oxygen atoms in total. The highest BCUT2D eigenvalue weighted by Gasteiger charge is 2.21. The van der Waals surface area contributed by atoms with Crippen LogP contribution in [-0.2, 0) is 4.74 Å². The Labute approximate surface area is 141 Å². The van der Waals surface area contributed by atoms with Gasteiger partial charge in [0.25, 0.3) is 5.91 Å². The van der Waals surface area contributed by atoms with E-state index in [0.717, 1.165) is 31.9 Å². The summed E-state index contributed by atoms with van der Waals surface area (Å²) < 4.78 is 11.0. The molecular formula is C18H23N3O3. The molecule has 1 saturated heterocycles. The van der Waals surface area contributed by atoms with Crippen molar-refractivity contribution in [2.75, 3.05) is 32.8 Å². The molecule has 1 aliphatic heterocycles. The van der Waals surface area contributed by atoms with Crippen LogP contribution in [0.4, 0.5) is 0 Å². The fraction of sp³-hybridized carbons (Fsp3) is 0.444. The topological polar surface area (TPSA) is 67.6 Å². The average Bonchev–Trinajstić information content (AvgIpc) is 3.03. The van der Waals surface area contributed by atoms with E-state index in [1.54, 1.807) is 6.92 Å². The van der Waals surface area contributed by atoms with Crippen molar-refractivity contribution in [1.82, 2.24) is 15.2 Å². The number of amides is 1. The summed E-state index contributed by atoms with van der Waals surface area (Å²) >= 11 is 0. The van der Waals surface area contributed by atoms with Gasteiger partial charge in [0.05, 0.1) is 13.2 Å². The number of aryl methyl sites for hydroxylation is 1. The molecule has 0 spiro atoms. The summed E-state index contributed by atoms with van der Waals surface area (Å²) in [4.78, 5) is 19.1. The number of carbonyl (C=O) groups is 1. The zero-order valence-electron chi connectivity index (χ0n) is 14.1. The molecule has 1 fully saturated rings. The highest BCUT2D eigenvalue weighted by Crippen LogP contribution is 2.21. The smallest absolute Gasteiger partial charge is 0.273 e. The van der Waals surface area contributed by atoms with E-state index in [1.165, 1.54) is 0 Å². The first-order chi connectivity index (χ1) is 11.6. The average molecular weight is 329 g/mol. The molecule has 1 amide bonds. The minimum absolute atomic E-state index is 0.196. The molecule has 1 aromatic carbocycles. The van der Waals surface area contributed by atoms with Crippen LogP contribution in [0.25, 0.3) is 11.5 Å². The SMILES string of the molecule is Cc1oc(-c2ccccc2)nc1C(=O)NC[C@H](C)N1CCOCC1. The minimum atomic E-state index is -0.196. The van der Waals surface area contributed by atoms with Crippen molar-refractivity contribution in [3.8, 4) is 11.5 Å². The molecule has 1 aliphatic rings. The van der Waals surface area contributed by atoms with Crippen molar-refractivity contribution in [2.45, 2.75) is 19.9 Å². The van der Waals surface area contributed by atoms with Crippen LogP contribution < -0.4 is 5.32 Å². The maximum absolute atomic E-state index is 12.4. The molecular weight excluding hydrogens is 306 g/mol. The number of carbonyl (C=O) groups excluding carboxylic acids is 1. The van der Waals surface area contributed by atoms with Crippen molar-refractivity contribution >= 4 is 5.91 Å². The first kappa shape index (κ1) is 16.7. The van der Waals surface area contributed by atoms with Crippen LogP contribution in [0.3, 0.4) is 0 Å². The predicted octanol–water partition coefficient (Wildman–Crippen LogP) is 2.10. The lowest BCUT2D eigenvalue weighted by Gasteiger charge is -2.32. The molecule has 3 rings (SSSR count). The largest absolute Gasteiger partial charge is 0.441 e. The summed E-state index contributed by atoms with van der Waals surface area (Å²) in [6.45, 7) is 7.75. The van der Waals surface area contributed by atoms with Gasteiger partial charge in [-0.25, -0.2) is 4.98 Å². The number of benzene rings is 1. The van der Waals surface area contributed by atoms with Gasteiger partial charge in [0.15, 0.2) is 5.69 Å². The van der Waals surface area contributed by atoms with Crippen molar-refractivity contribution in [1.29, 1.82) is 0 Å². The van der Waals surface area contributed by atoms with Gasteiger partial charge >= 0.3 is 0 Å². The Morgan fingerprint density at radius 1 is 1.29 bits per heavy atom. The van der Waals surface area contributed by atoms with E-state index in [2.05, 4.69) is 22.1 Å². The van der Waals surface area contributed by atoms with Crippen LogP contribution in [0.1, 0.15) is 23.2 Å². The standard InChI is InChI=1S/C18H23N3O3/c1-13(21-8-10-23-11-9-21)12-19-17(22)16-14(2)24-18(20-16)15-6-4-3-5-7-15/h3-7,13H,8-12H2,1-2H3,(H,19,22)/t13-/m0/s1. The number of rotatable bonds is 5. The second-order valence-electron chi connectivity index (χ2n) is 6.00. The van der Waals surface area contributed by atoms with Crippen LogP contribution in [0.15, 0.2) is 34.7 Å². The maximum Gasteiger partial charge on any atom is 0.273 e. The van der Waals surface area contributed by atoms with Gasteiger partial charge in [0.1, 0.15) is 5.76 Å². The number of aromatic nitrogens is 1. The normalized spacial score (nSPS) is 16.8. The second-order valence-corrected chi connectivity index (χ2v) is 6.00. The van der Waals surface area contributed by atoms with Crippen LogP contribution in [0.5, 0.6) is 0 Å². The molecule has 0 radical (unpaired) electrons. The summed E-state index contributed by atoms with van der Waals surface area (Å²) in [7, 11) is 0. The quantitative estimate of drug-likeness (QED) is 0.910. The number of hydrogen-bond acceptors (Lipinski definition) is 5. The van der Waals surface area contributed by atoms with E-state index in [0.29, 0.717) is 23.9 Å². The fourth-order valence-electron chi connectivity index (χ4n) is 2.78. The molecule has 0 saturated carbocycles. The lowest BCUT2D eigenvalue weighted by molar-refractivity contribution is 0.0204. The fourth-order valence-corrected chi connectivity index (χ4v) is 2.78. The van der Waals surface area contributed by atoms with Gasteiger partial charge in [-0.15, -0.1) is 0 Å². The van der Waals surface area contributed by atoms with E-state index >= 15 is 0 Å². The summed E-state index contributed by atoms with van der Waals surface area (Å²) in [6.07, 6.45) is 0. The van der Waals surface area contributed by atoms with Gasteiger partial charge in [-0.05, 0) is 26.0 Å². The molecule has 2 heterocycles. The molecule has 128 valence electrons. The summed E-state index contributed by atoms with van der Waals surface area (Å²) in [6, 6.07) is 9.84. The van der Waals surface area contributed by atoms with Gasteiger partial charge in [0.2, 0.25) is 5.89 Å². The monoisotopic (exact) mass is 329 g/mol. The molecule has 1 N–H and O–H groups in total. The van der Waals surface area contributed by atoms with Crippen LogP contribution >= 0.6 is 0 Å². The molecule has 1 aromatic heterocycles. The number of oxazole rings is 1. The Balaban J connectivity index is 1.62. The zero-order valence-corrected chi connectivity index (χ0v) is 14.1. The van der Waals surface area contributed by atoms with Gasteiger partial charge in [0, 0.05) is 31.2 Å². The van der Waals surface area contributed by atoms with E-state index in [9.17, 15) is 4.79 Å². The Hall–Kier alpha value is -2.18. The van der Waals surface area contributed by atoms with Crippen LogP contribution in [0.2, 0.25) is 0 Å². The van der Waals surface area contributed by atoms with Crippen LogP contribution in [-0.4, -0.2) is 54.7 Å². The van der Waals surface area contributed by atoms with Gasteiger partial charge in [-0.3, -0.25) is 9.69 Å². The van der Waals surface area contributed by atoms with Gasteiger partial charge in [-0.1, -0.05) is 18.2 Å². The molecule has 0 aliphatic carbocycles. The third-order valence-electron chi connectivity index (χ3n) is 4.26. The van der Waals surface area contributed by atoms with E-state index in [-0.39, 0.29) is 11.9 Å². The maximum atomic E-state index is 12.4. The second kappa shape index (κ2) is 7.59. The molecule has 0 bridgehead atoms. The number of nitrogens with one attached hydrogen (secondary N) is 1. The molecule has 0 unspecified atom stereocenters. The molecule has 24 heavy (non-hydrogen) atoms. The van der Waals surface area contributed by atoms with Crippen molar-refractivity contribution < 1.29 is 13.9 Å². The Bertz CT molecular complexity index is 678. The minimum Gasteiger partial charge on any atom is -0.441 e. The summed E-state index contributed by atoms with van der Waals surface area (Å²) in [5, 5.41) is 2.96. The van der Waals surface area contributed by atoms with Crippen molar-refractivity contribution in [2.24, 2.45) is 0 Å². The first-order valence-corrected chi connectivity index (χ1v) is 8.28.